The van der Waals surface area contributed by atoms with Crippen molar-refractivity contribution in [3.63, 3.8) is 0 Å². The fraction of sp³-hybridized carbons (Fsp3) is 0.571. The van der Waals surface area contributed by atoms with Gasteiger partial charge in [-0.05, 0) is 6.07 Å². The summed E-state index contributed by atoms with van der Waals surface area (Å²) in [4.78, 5) is 0. The van der Waals surface area contributed by atoms with Gasteiger partial charge >= 0.3 is 0 Å². The molecule has 1 fully saturated rings. The topological polar surface area (TPSA) is 30.5 Å². The van der Waals surface area contributed by atoms with Gasteiger partial charge in [0.05, 0.1) is 14.2 Å². The van der Waals surface area contributed by atoms with E-state index in [9.17, 15) is 0 Å². The second-order valence-electron chi connectivity index (χ2n) is 4.35. The Bertz CT molecular complexity index is 395. The van der Waals surface area contributed by atoms with Gasteiger partial charge in [0, 0.05) is 41.2 Å². The zero-order valence-corrected chi connectivity index (χ0v) is 13.1. The maximum Gasteiger partial charge on any atom is 0.165 e. The molecule has 2 rings (SSSR count). The molecule has 1 aromatic rings. The summed E-state index contributed by atoms with van der Waals surface area (Å²) in [6.45, 7) is 1.88. The van der Waals surface area contributed by atoms with Gasteiger partial charge in [-0.3, -0.25) is 0 Å². The number of benzene rings is 1. The van der Waals surface area contributed by atoms with Gasteiger partial charge < -0.3 is 14.8 Å². The molecule has 19 heavy (non-hydrogen) atoms. The number of hydrogen-bond donors (Lipinski definition) is 1. The molecule has 5 heteroatoms. The van der Waals surface area contributed by atoms with Crippen molar-refractivity contribution in [2.45, 2.75) is 11.8 Å². The number of para-hydroxylation sites is 1. The monoisotopic (exact) mass is 299 g/mol. The van der Waals surface area contributed by atoms with Crippen LogP contribution in [-0.4, -0.2) is 43.3 Å². The van der Waals surface area contributed by atoms with E-state index in [4.69, 9.17) is 9.47 Å². The minimum absolute atomic E-state index is 0.732. The first-order valence-corrected chi connectivity index (χ1v) is 8.65. The van der Waals surface area contributed by atoms with Gasteiger partial charge in [-0.15, -0.1) is 0 Å². The Hall–Kier alpha value is -0.520. The fourth-order valence-corrected chi connectivity index (χ4v) is 4.76. The quantitative estimate of drug-likeness (QED) is 0.872. The van der Waals surface area contributed by atoms with Gasteiger partial charge in [0.25, 0.3) is 0 Å². The van der Waals surface area contributed by atoms with Crippen LogP contribution in [0.15, 0.2) is 18.2 Å². The molecule has 1 unspecified atom stereocenters. The van der Waals surface area contributed by atoms with Crippen LogP contribution in [0.5, 0.6) is 11.5 Å². The van der Waals surface area contributed by atoms with Gasteiger partial charge in [-0.2, -0.15) is 23.5 Å². The number of rotatable bonds is 6. The fourth-order valence-electron chi connectivity index (χ4n) is 2.12. The van der Waals surface area contributed by atoms with Crippen LogP contribution in [0.4, 0.5) is 0 Å². The molecule has 1 heterocycles. The molecule has 0 spiro atoms. The van der Waals surface area contributed by atoms with Crippen molar-refractivity contribution >= 4 is 23.5 Å². The molecule has 0 aromatic heterocycles. The Morgan fingerprint density at radius 2 is 2.16 bits per heavy atom. The summed E-state index contributed by atoms with van der Waals surface area (Å²) in [5.74, 6) is 5.46. The molecular formula is C14H21NO2S2. The molecule has 1 aliphatic heterocycles. The van der Waals surface area contributed by atoms with Crippen LogP contribution in [0, 0.1) is 0 Å². The Labute approximate surface area is 123 Å². The van der Waals surface area contributed by atoms with Crippen molar-refractivity contribution in [1.82, 2.24) is 5.32 Å². The van der Waals surface area contributed by atoms with Crippen LogP contribution in [0.3, 0.4) is 0 Å². The van der Waals surface area contributed by atoms with E-state index in [1.165, 1.54) is 17.3 Å². The summed E-state index contributed by atoms with van der Waals surface area (Å²) < 4.78 is 10.7. The first-order chi connectivity index (χ1) is 9.35. The molecule has 1 saturated heterocycles. The minimum Gasteiger partial charge on any atom is -0.493 e. The van der Waals surface area contributed by atoms with E-state index in [1.807, 2.05) is 12.1 Å². The molecule has 0 aliphatic carbocycles. The van der Waals surface area contributed by atoms with Gasteiger partial charge in [-0.25, -0.2) is 0 Å². The van der Waals surface area contributed by atoms with Crippen molar-refractivity contribution in [3.05, 3.63) is 23.8 Å². The van der Waals surface area contributed by atoms with Crippen molar-refractivity contribution in [2.24, 2.45) is 0 Å². The number of thioether (sulfide) groups is 2. The summed E-state index contributed by atoms with van der Waals surface area (Å²) >= 11 is 4.13. The first-order valence-electron chi connectivity index (χ1n) is 6.45. The molecule has 3 nitrogen and oxygen atoms in total. The second kappa shape index (κ2) is 7.92. The van der Waals surface area contributed by atoms with E-state index >= 15 is 0 Å². The maximum absolute atomic E-state index is 5.44. The van der Waals surface area contributed by atoms with Crippen LogP contribution >= 0.6 is 23.5 Å². The third kappa shape index (κ3) is 4.23. The molecule has 106 valence electrons. The smallest absolute Gasteiger partial charge is 0.165 e. The zero-order valence-electron chi connectivity index (χ0n) is 11.5. The molecule has 1 N–H and O–H groups in total. The van der Waals surface area contributed by atoms with Gasteiger partial charge in [-0.1, -0.05) is 12.1 Å². The van der Waals surface area contributed by atoms with Gasteiger partial charge in [0.15, 0.2) is 11.5 Å². The Morgan fingerprint density at radius 3 is 2.84 bits per heavy atom. The Morgan fingerprint density at radius 1 is 1.26 bits per heavy atom. The Kier molecular flexibility index (Phi) is 6.20. The lowest BCUT2D eigenvalue weighted by atomic mass is 10.2. The lowest BCUT2D eigenvalue weighted by Crippen LogP contribution is -2.28. The van der Waals surface area contributed by atoms with Crippen LogP contribution in [0.25, 0.3) is 0 Å². The summed E-state index contributed by atoms with van der Waals surface area (Å²) in [7, 11) is 3.36. The predicted octanol–water partition coefficient (Wildman–Crippen LogP) is 2.64. The van der Waals surface area contributed by atoms with Gasteiger partial charge in [0.2, 0.25) is 0 Å². The van der Waals surface area contributed by atoms with Crippen LogP contribution < -0.4 is 14.8 Å². The standard InChI is InChI=1S/C14H21NO2S2/c1-16-13-5-3-4-11(14(13)17-2)8-15-9-12-10-18-6-7-19-12/h3-5,12,15H,6-10H2,1-2H3. The lowest BCUT2D eigenvalue weighted by Gasteiger charge is -2.21. The minimum atomic E-state index is 0.732. The molecule has 0 radical (unpaired) electrons. The normalized spacial score (nSPS) is 19.2. The van der Waals surface area contributed by atoms with E-state index in [0.717, 1.165) is 35.4 Å². The SMILES string of the molecule is COc1cccc(CNCC2CSCCS2)c1OC. The van der Waals surface area contributed by atoms with Crippen molar-refractivity contribution in [1.29, 1.82) is 0 Å². The van der Waals surface area contributed by atoms with Crippen molar-refractivity contribution in [3.8, 4) is 11.5 Å². The summed E-state index contributed by atoms with van der Waals surface area (Å²) in [5.41, 5.74) is 1.15. The average Bonchev–Trinajstić information content (AvgIpc) is 2.48. The average molecular weight is 299 g/mol. The summed E-state index contributed by atoms with van der Waals surface area (Å²) in [5, 5.41) is 4.26. The predicted molar refractivity (Wildman–Crippen MR) is 84.8 cm³/mol. The third-order valence-electron chi connectivity index (χ3n) is 3.06. The molecule has 0 amide bonds. The number of hydrogen-bond acceptors (Lipinski definition) is 5. The Balaban J connectivity index is 1.88. The van der Waals surface area contributed by atoms with Crippen LogP contribution in [-0.2, 0) is 6.54 Å². The largest absolute Gasteiger partial charge is 0.493 e. The number of ether oxygens (including phenoxy) is 2. The van der Waals surface area contributed by atoms with Crippen LogP contribution in [0.2, 0.25) is 0 Å². The molecule has 1 aromatic carbocycles. The van der Waals surface area contributed by atoms with E-state index in [-0.39, 0.29) is 0 Å². The van der Waals surface area contributed by atoms with E-state index in [0.29, 0.717) is 0 Å². The number of nitrogens with one attached hydrogen (secondary N) is 1. The highest BCUT2D eigenvalue weighted by atomic mass is 32.2. The highest BCUT2D eigenvalue weighted by Crippen LogP contribution is 2.30. The van der Waals surface area contributed by atoms with E-state index in [2.05, 4.69) is 34.9 Å². The second-order valence-corrected chi connectivity index (χ2v) is 6.91. The lowest BCUT2D eigenvalue weighted by molar-refractivity contribution is 0.350. The van der Waals surface area contributed by atoms with E-state index < -0.39 is 0 Å². The zero-order chi connectivity index (χ0) is 13.5. The molecule has 0 saturated carbocycles. The highest BCUT2D eigenvalue weighted by Gasteiger charge is 2.14. The third-order valence-corrected chi connectivity index (χ3v) is 5.90. The molecule has 0 bridgehead atoms. The van der Waals surface area contributed by atoms with Crippen molar-refractivity contribution in [2.75, 3.05) is 38.0 Å². The van der Waals surface area contributed by atoms with Crippen molar-refractivity contribution < 1.29 is 9.47 Å². The van der Waals surface area contributed by atoms with Gasteiger partial charge in [0.1, 0.15) is 0 Å². The molecule has 1 aliphatic rings. The summed E-state index contributed by atoms with van der Waals surface area (Å²) in [6.07, 6.45) is 0. The van der Waals surface area contributed by atoms with E-state index in [1.54, 1.807) is 14.2 Å². The molecular weight excluding hydrogens is 278 g/mol. The molecule has 1 atom stereocenters. The van der Waals surface area contributed by atoms with Crippen LogP contribution in [0.1, 0.15) is 5.56 Å². The highest BCUT2D eigenvalue weighted by molar-refractivity contribution is 8.06. The first kappa shape index (κ1) is 14.9. The maximum atomic E-state index is 5.44. The summed E-state index contributed by atoms with van der Waals surface area (Å²) in [6, 6.07) is 6.01. The number of methoxy groups -OCH3 is 2.